The number of phenolic OH excluding ortho intramolecular Hbond substituents is 1. The van der Waals surface area contributed by atoms with E-state index in [9.17, 15) is 5.11 Å². The molecular weight excluding hydrogens is 362 g/mol. The zero-order valence-electron chi connectivity index (χ0n) is 11.4. The highest BCUT2D eigenvalue weighted by molar-refractivity contribution is 9.10. The second-order valence-corrected chi connectivity index (χ2v) is 6.25. The van der Waals surface area contributed by atoms with Crippen molar-refractivity contribution < 1.29 is 5.11 Å². The lowest BCUT2D eigenvalue weighted by Crippen LogP contribution is -1.90. The van der Waals surface area contributed by atoms with E-state index in [0.717, 1.165) is 15.7 Å². The van der Waals surface area contributed by atoms with Crippen LogP contribution in [0.1, 0.15) is 5.56 Å². The molecule has 0 aliphatic carbocycles. The average molecular weight is 374 g/mol. The van der Waals surface area contributed by atoms with Gasteiger partial charge in [0.2, 0.25) is 5.13 Å². The summed E-state index contributed by atoms with van der Waals surface area (Å²) in [6.45, 7) is 0. The summed E-state index contributed by atoms with van der Waals surface area (Å²) in [5.41, 5.74) is 5.49. The van der Waals surface area contributed by atoms with E-state index in [0.29, 0.717) is 10.7 Å². The van der Waals surface area contributed by atoms with Crippen LogP contribution in [0.15, 0.2) is 63.5 Å². The first-order valence-corrected chi connectivity index (χ1v) is 8.18. The van der Waals surface area contributed by atoms with Crippen LogP contribution in [0.3, 0.4) is 0 Å². The maximum atomic E-state index is 9.73. The van der Waals surface area contributed by atoms with Crippen molar-refractivity contribution in [2.24, 2.45) is 5.10 Å². The lowest BCUT2D eigenvalue weighted by molar-refractivity contribution is 0.474. The van der Waals surface area contributed by atoms with Crippen molar-refractivity contribution in [3.63, 3.8) is 0 Å². The molecule has 4 nitrogen and oxygen atoms in total. The molecule has 0 saturated carbocycles. The van der Waals surface area contributed by atoms with E-state index >= 15 is 0 Å². The van der Waals surface area contributed by atoms with Gasteiger partial charge < -0.3 is 5.11 Å². The number of halogens is 1. The maximum absolute atomic E-state index is 9.73. The fourth-order valence-electron chi connectivity index (χ4n) is 1.85. The van der Waals surface area contributed by atoms with E-state index < -0.39 is 0 Å². The Kier molecular flexibility index (Phi) is 4.50. The van der Waals surface area contributed by atoms with Crippen molar-refractivity contribution in [1.29, 1.82) is 0 Å². The zero-order valence-corrected chi connectivity index (χ0v) is 13.8. The SMILES string of the molecule is Oc1ccc(Br)cc1C=NNc1nc(-c2ccccc2)cs1. The van der Waals surface area contributed by atoms with E-state index in [-0.39, 0.29) is 5.75 Å². The molecule has 22 heavy (non-hydrogen) atoms. The van der Waals surface area contributed by atoms with Crippen LogP contribution in [-0.2, 0) is 0 Å². The van der Waals surface area contributed by atoms with Gasteiger partial charge in [0.1, 0.15) is 5.75 Å². The number of rotatable bonds is 4. The van der Waals surface area contributed by atoms with E-state index in [1.54, 1.807) is 24.4 Å². The second-order valence-electron chi connectivity index (χ2n) is 4.48. The molecule has 0 fully saturated rings. The van der Waals surface area contributed by atoms with Crippen LogP contribution >= 0.6 is 27.3 Å². The number of aromatic nitrogens is 1. The van der Waals surface area contributed by atoms with Gasteiger partial charge in [-0.25, -0.2) is 4.98 Å². The number of benzene rings is 2. The first kappa shape index (κ1) is 14.7. The van der Waals surface area contributed by atoms with E-state index in [1.165, 1.54) is 11.3 Å². The van der Waals surface area contributed by atoms with Crippen molar-refractivity contribution in [2.45, 2.75) is 0 Å². The Hall–Kier alpha value is -2.18. The van der Waals surface area contributed by atoms with Gasteiger partial charge in [-0.05, 0) is 18.2 Å². The van der Waals surface area contributed by atoms with Crippen molar-refractivity contribution in [3.8, 4) is 17.0 Å². The summed E-state index contributed by atoms with van der Waals surface area (Å²) in [7, 11) is 0. The molecule has 0 saturated heterocycles. The Bertz CT molecular complexity index is 802. The number of phenols is 1. The summed E-state index contributed by atoms with van der Waals surface area (Å²) in [6, 6.07) is 15.1. The number of hydrogen-bond donors (Lipinski definition) is 2. The molecule has 0 bridgehead atoms. The summed E-state index contributed by atoms with van der Waals surface area (Å²) in [5.74, 6) is 0.179. The summed E-state index contributed by atoms with van der Waals surface area (Å²) in [6.07, 6.45) is 1.56. The molecule has 0 amide bonds. The molecule has 3 rings (SSSR count). The summed E-state index contributed by atoms with van der Waals surface area (Å²) >= 11 is 4.84. The fourth-order valence-corrected chi connectivity index (χ4v) is 2.90. The first-order chi connectivity index (χ1) is 10.7. The number of nitrogens with one attached hydrogen (secondary N) is 1. The van der Waals surface area contributed by atoms with Crippen LogP contribution in [0.5, 0.6) is 5.75 Å². The summed E-state index contributed by atoms with van der Waals surface area (Å²) < 4.78 is 0.882. The largest absolute Gasteiger partial charge is 0.507 e. The summed E-state index contributed by atoms with van der Waals surface area (Å²) in [4.78, 5) is 4.47. The monoisotopic (exact) mass is 373 g/mol. The van der Waals surface area contributed by atoms with Gasteiger partial charge in [0.15, 0.2) is 0 Å². The second kappa shape index (κ2) is 6.72. The van der Waals surface area contributed by atoms with Gasteiger partial charge in [-0.15, -0.1) is 11.3 Å². The highest BCUT2D eigenvalue weighted by Gasteiger charge is 2.03. The quantitative estimate of drug-likeness (QED) is 0.513. The van der Waals surface area contributed by atoms with Gasteiger partial charge in [0, 0.05) is 21.0 Å². The molecule has 110 valence electrons. The molecule has 0 aliphatic heterocycles. The number of hydrogen-bond acceptors (Lipinski definition) is 5. The van der Waals surface area contributed by atoms with Crippen LogP contribution in [-0.4, -0.2) is 16.3 Å². The van der Waals surface area contributed by atoms with Crippen LogP contribution in [0.25, 0.3) is 11.3 Å². The minimum Gasteiger partial charge on any atom is -0.507 e. The standard InChI is InChI=1S/C16H12BrN3OS/c17-13-6-7-15(21)12(8-13)9-18-20-16-19-14(10-22-16)11-4-2-1-3-5-11/h1-10,21H,(H,19,20). The van der Waals surface area contributed by atoms with Crippen LogP contribution in [0.2, 0.25) is 0 Å². The van der Waals surface area contributed by atoms with Gasteiger partial charge >= 0.3 is 0 Å². The number of nitrogens with zero attached hydrogens (tertiary/aromatic N) is 2. The lowest BCUT2D eigenvalue weighted by Gasteiger charge is -1.99. The number of anilines is 1. The van der Waals surface area contributed by atoms with E-state index in [4.69, 9.17) is 0 Å². The third kappa shape index (κ3) is 3.52. The van der Waals surface area contributed by atoms with Crippen molar-refractivity contribution in [3.05, 3.63) is 63.9 Å². The third-order valence-corrected chi connectivity index (χ3v) is 4.17. The van der Waals surface area contributed by atoms with Gasteiger partial charge in [0.05, 0.1) is 11.9 Å². The average Bonchev–Trinajstić information content (AvgIpc) is 3.00. The molecular formula is C16H12BrN3OS. The molecule has 0 aliphatic rings. The molecule has 0 spiro atoms. The highest BCUT2D eigenvalue weighted by atomic mass is 79.9. The molecule has 0 unspecified atom stereocenters. The molecule has 2 N–H and O–H groups in total. The predicted molar refractivity (Wildman–Crippen MR) is 94.6 cm³/mol. The lowest BCUT2D eigenvalue weighted by atomic mass is 10.2. The zero-order chi connectivity index (χ0) is 15.4. The van der Waals surface area contributed by atoms with Gasteiger partial charge in [-0.2, -0.15) is 5.10 Å². The summed E-state index contributed by atoms with van der Waals surface area (Å²) in [5, 5.41) is 16.5. The van der Waals surface area contributed by atoms with Crippen LogP contribution in [0.4, 0.5) is 5.13 Å². The van der Waals surface area contributed by atoms with Crippen LogP contribution < -0.4 is 5.43 Å². The minimum absolute atomic E-state index is 0.179. The Morgan fingerprint density at radius 2 is 2.00 bits per heavy atom. The molecule has 1 heterocycles. The number of thiazole rings is 1. The molecule has 1 aromatic heterocycles. The third-order valence-electron chi connectivity index (χ3n) is 2.93. The van der Waals surface area contributed by atoms with E-state index in [1.807, 2.05) is 35.7 Å². The normalized spacial score (nSPS) is 11.0. The minimum atomic E-state index is 0.179. The topological polar surface area (TPSA) is 57.5 Å². The maximum Gasteiger partial charge on any atom is 0.203 e. The van der Waals surface area contributed by atoms with Crippen molar-refractivity contribution in [2.75, 3.05) is 5.43 Å². The molecule has 0 atom stereocenters. The molecule has 0 radical (unpaired) electrons. The molecule has 6 heteroatoms. The Morgan fingerprint density at radius 3 is 2.82 bits per heavy atom. The van der Waals surface area contributed by atoms with E-state index in [2.05, 4.69) is 31.4 Å². The van der Waals surface area contributed by atoms with Crippen LogP contribution in [0, 0.1) is 0 Å². The van der Waals surface area contributed by atoms with Gasteiger partial charge in [0.25, 0.3) is 0 Å². The smallest absolute Gasteiger partial charge is 0.203 e. The molecule has 3 aromatic rings. The predicted octanol–water partition coefficient (Wildman–Crippen LogP) is 4.72. The highest BCUT2D eigenvalue weighted by Crippen LogP contribution is 2.25. The Labute approximate surface area is 140 Å². The van der Waals surface area contributed by atoms with Crippen molar-refractivity contribution >= 4 is 38.6 Å². The molecule has 2 aromatic carbocycles. The fraction of sp³-hybridized carbons (Fsp3) is 0. The number of aromatic hydroxyl groups is 1. The Balaban J connectivity index is 1.71. The first-order valence-electron chi connectivity index (χ1n) is 6.51. The Morgan fingerprint density at radius 1 is 1.18 bits per heavy atom. The van der Waals surface area contributed by atoms with Gasteiger partial charge in [-0.1, -0.05) is 46.3 Å². The van der Waals surface area contributed by atoms with Gasteiger partial charge in [-0.3, -0.25) is 5.43 Å². The van der Waals surface area contributed by atoms with Crippen molar-refractivity contribution in [1.82, 2.24) is 4.98 Å². The number of hydrazone groups is 1.